The van der Waals surface area contributed by atoms with Gasteiger partial charge >= 0.3 is 5.69 Å². The lowest BCUT2D eigenvalue weighted by molar-refractivity contribution is 0.0946. The van der Waals surface area contributed by atoms with Crippen molar-refractivity contribution in [2.45, 2.75) is 6.42 Å². The van der Waals surface area contributed by atoms with Crippen molar-refractivity contribution in [2.24, 2.45) is 14.1 Å². The predicted octanol–water partition coefficient (Wildman–Crippen LogP) is -0.499. The van der Waals surface area contributed by atoms with Gasteiger partial charge in [0.1, 0.15) is 11.3 Å². The Hall–Kier alpha value is -1.94. The molecule has 0 aliphatic carbocycles. The molecule has 156 valence electrons. The smallest absolute Gasteiger partial charge is 0.332 e. The number of fused-ring (bicyclic) bond motifs is 1. The minimum atomic E-state index is -0.469. The van der Waals surface area contributed by atoms with E-state index in [1.807, 2.05) is 0 Å². The van der Waals surface area contributed by atoms with Crippen LogP contribution in [0.5, 0.6) is 0 Å². The second-order valence-corrected chi connectivity index (χ2v) is 6.47. The van der Waals surface area contributed by atoms with Crippen LogP contribution in [0.15, 0.2) is 21.7 Å². The number of nitrogens with zero attached hydrogens (tertiary/aromatic N) is 4. The van der Waals surface area contributed by atoms with Crippen LogP contribution in [0.2, 0.25) is 0 Å². The lowest BCUT2D eigenvalue weighted by Crippen LogP contribution is -2.44. The molecule has 3 rings (SSSR count). The fraction of sp³-hybridized carbons (Fsp3) is 0.529. The summed E-state index contributed by atoms with van der Waals surface area (Å²) in [4.78, 5) is 43.1. The van der Waals surface area contributed by atoms with Gasteiger partial charge in [-0.1, -0.05) is 0 Å². The third-order valence-electron chi connectivity index (χ3n) is 4.68. The molecule has 0 unspecified atom stereocenters. The molecule has 0 radical (unpaired) electrons. The summed E-state index contributed by atoms with van der Waals surface area (Å²) in [5.41, 5.74) is -0.475. The quantitative estimate of drug-likeness (QED) is 0.617. The van der Waals surface area contributed by atoms with Crippen molar-refractivity contribution >= 4 is 41.8 Å². The Morgan fingerprint density at radius 1 is 1.14 bits per heavy atom. The summed E-state index contributed by atoms with van der Waals surface area (Å²) in [6.07, 6.45) is 0.859. The maximum Gasteiger partial charge on any atom is 0.332 e. The molecule has 2 aromatic rings. The van der Waals surface area contributed by atoms with E-state index >= 15 is 0 Å². The topological polar surface area (TPSA) is 101 Å². The Kier molecular flexibility index (Phi) is 9.09. The summed E-state index contributed by atoms with van der Waals surface area (Å²) in [7, 11) is 2.95. The number of hydrogen-bond acceptors (Lipinski definition) is 6. The van der Waals surface area contributed by atoms with E-state index in [2.05, 4.69) is 20.5 Å². The number of aromatic nitrogens is 3. The second-order valence-electron chi connectivity index (χ2n) is 6.47. The summed E-state index contributed by atoms with van der Waals surface area (Å²) in [5, 5.41) is 6.47. The number of pyridine rings is 1. The SMILES string of the molecule is Cl.Cl.Cn1c(=O)c2ccc(C(=O)NCCCN3CCNCC3)nc2n(C)c1=O. The fourth-order valence-electron chi connectivity index (χ4n) is 3.11. The molecule has 28 heavy (non-hydrogen) atoms. The first kappa shape index (κ1) is 24.1. The van der Waals surface area contributed by atoms with Crippen molar-refractivity contribution in [2.75, 3.05) is 39.3 Å². The van der Waals surface area contributed by atoms with Gasteiger partial charge in [0.25, 0.3) is 11.5 Å². The molecule has 1 amide bonds. The molecule has 11 heteroatoms. The van der Waals surface area contributed by atoms with Gasteiger partial charge in [-0.05, 0) is 25.1 Å². The Labute approximate surface area is 174 Å². The molecule has 1 aliphatic heterocycles. The number of carbonyl (C=O) groups is 1. The van der Waals surface area contributed by atoms with E-state index in [-0.39, 0.29) is 42.1 Å². The molecule has 2 aromatic heterocycles. The van der Waals surface area contributed by atoms with Crippen molar-refractivity contribution < 1.29 is 4.79 Å². The average Bonchev–Trinajstić information content (AvgIpc) is 2.68. The van der Waals surface area contributed by atoms with Crippen LogP contribution in [0.1, 0.15) is 16.9 Å². The zero-order chi connectivity index (χ0) is 18.7. The van der Waals surface area contributed by atoms with Crippen LogP contribution in [0.3, 0.4) is 0 Å². The van der Waals surface area contributed by atoms with Crippen LogP contribution < -0.4 is 21.9 Å². The highest BCUT2D eigenvalue weighted by Gasteiger charge is 2.14. The minimum Gasteiger partial charge on any atom is -0.351 e. The number of hydrogen-bond donors (Lipinski definition) is 2. The highest BCUT2D eigenvalue weighted by Crippen LogP contribution is 2.06. The maximum absolute atomic E-state index is 12.3. The summed E-state index contributed by atoms with van der Waals surface area (Å²) in [5.74, 6) is -0.305. The largest absolute Gasteiger partial charge is 0.351 e. The molecular weight excluding hydrogens is 407 g/mol. The van der Waals surface area contributed by atoms with Gasteiger partial charge in [0.05, 0.1) is 5.39 Å². The first-order valence-corrected chi connectivity index (χ1v) is 8.77. The lowest BCUT2D eigenvalue weighted by Gasteiger charge is -2.27. The molecule has 0 atom stereocenters. The Morgan fingerprint density at radius 2 is 1.82 bits per heavy atom. The average molecular weight is 433 g/mol. The van der Waals surface area contributed by atoms with Crippen molar-refractivity contribution in [3.05, 3.63) is 38.7 Å². The standard InChI is InChI=1S/C17H24N6O3.2ClH/c1-21-14-12(16(25)22(2)17(21)26)4-5-13(20-14)15(24)19-6-3-9-23-10-7-18-8-11-23;;/h4-5,18H,3,6-11H2,1-2H3,(H,19,24);2*1H. The summed E-state index contributed by atoms with van der Waals surface area (Å²) >= 11 is 0. The molecule has 0 spiro atoms. The van der Waals surface area contributed by atoms with Gasteiger partial charge in [-0.25, -0.2) is 9.78 Å². The number of nitrogens with one attached hydrogen (secondary N) is 2. The van der Waals surface area contributed by atoms with E-state index in [9.17, 15) is 14.4 Å². The number of rotatable bonds is 5. The number of carbonyl (C=O) groups excluding carboxylic acids is 1. The van der Waals surface area contributed by atoms with Crippen molar-refractivity contribution in [3.63, 3.8) is 0 Å². The van der Waals surface area contributed by atoms with Gasteiger partial charge in [-0.3, -0.25) is 18.7 Å². The van der Waals surface area contributed by atoms with Gasteiger partial charge < -0.3 is 15.5 Å². The third-order valence-corrected chi connectivity index (χ3v) is 4.68. The van der Waals surface area contributed by atoms with Crippen molar-refractivity contribution in [1.82, 2.24) is 29.7 Å². The van der Waals surface area contributed by atoms with Crippen molar-refractivity contribution in [3.8, 4) is 0 Å². The number of amides is 1. The van der Waals surface area contributed by atoms with Gasteiger partial charge in [-0.15, -0.1) is 24.8 Å². The molecule has 0 saturated carbocycles. The summed E-state index contributed by atoms with van der Waals surface area (Å²) < 4.78 is 2.30. The van der Waals surface area contributed by atoms with Crippen LogP contribution in [0.25, 0.3) is 11.0 Å². The molecule has 1 aliphatic rings. The van der Waals surface area contributed by atoms with Crippen LogP contribution in [0.4, 0.5) is 0 Å². The molecular formula is C17H26Cl2N6O3. The van der Waals surface area contributed by atoms with E-state index in [0.717, 1.165) is 43.7 Å². The van der Waals surface area contributed by atoms with E-state index in [0.29, 0.717) is 11.9 Å². The van der Waals surface area contributed by atoms with Crippen molar-refractivity contribution in [1.29, 1.82) is 0 Å². The number of piperazine rings is 1. The summed E-state index contributed by atoms with van der Waals surface area (Å²) in [6, 6.07) is 3.06. The first-order valence-electron chi connectivity index (χ1n) is 8.77. The number of aryl methyl sites for hydroxylation is 1. The second kappa shape index (κ2) is 10.6. The third kappa shape index (κ3) is 5.11. The Morgan fingerprint density at radius 3 is 2.50 bits per heavy atom. The highest BCUT2D eigenvalue weighted by atomic mass is 35.5. The van der Waals surface area contributed by atoms with E-state index in [1.54, 1.807) is 6.07 Å². The van der Waals surface area contributed by atoms with E-state index in [4.69, 9.17) is 0 Å². The van der Waals surface area contributed by atoms with Crippen LogP contribution in [0, 0.1) is 0 Å². The maximum atomic E-state index is 12.3. The molecule has 0 bridgehead atoms. The highest BCUT2D eigenvalue weighted by molar-refractivity contribution is 5.94. The number of halogens is 2. The molecule has 9 nitrogen and oxygen atoms in total. The van der Waals surface area contributed by atoms with Crippen LogP contribution in [-0.2, 0) is 14.1 Å². The van der Waals surface area contributed by atoms with Gasteiger partial charge in [0.2, 0.25) is 0 Å². The molecule has 1 fully saturated rings. The minimum absolute atomic E-state index is 0. The zero-order valence-corrected chi connectivity index (χ0v) is 17.6. The normalized spacial score (nSPS) is 14.2. The van der Waals surface area contributed by atoms with E-state index in [1.165, 1.54) is 24.7 Å². The molecule has 2 N–H and O–H groups in total. The fourth-order valence-corrected chi connectivity index (χ4v) is 3.11. The van der Waals surface area contributed by atoms with Gasteiger partial charge in [0.15, 0.2) is 0 Å². The Balaban J connectivity index is 0.00000196. The van der Waals surface area contributed by atoms with Gasteiger partial charge in [-0.2, -0.15) is 0 Å². The Bertz CT molecular complexity index is 937. The van der Waals surface area contributed by atoms with Crippen LogP contribution in [-0.4, -0.2) is 64.2 Å². The molecule has 0 aromatic carbocycles. The monoisotopic (exact) mass is 432 g/mol. The first-order chi connectivity index (χ1) is 12.5. The summed E-state index contributed by atoms with van der Waals surface area (Å²) in [6.45, 7) is 5.57. The zero-order valence-electron chi connectivity index (χ0n) is 15.9. The van der Waals surface area contributed by atoms with E-state index < -0.39 is 11.2 Å². The van der Waals surface area contributed by atoms with Gasteiger partial charge in [0, 0.05) is 46.8 Å². The van der Waals surface area contributed by atoms with Crippen LogP contribution >= 0.6 is 24.8 Å². The predicted molar refractivity (Wildman–Crippen MR) is 113 cm³/mol. The molecule has 1 saturated heterocycles. The molecule has 3 heterocycles. The lowest BCUT2D eigenvalue weighted by atomic mass is 10.2.